The van der Waals surface area contributed by atoms with Gasteiger partial charge in [-0.15, -0.1) is 10.2 Å². The molecular weight excluding hydrogens is 214 g/mol. The van der Waals surface area contributed by atoms with Gasteiger partial charge < -0.3 is 9.88 Å². The first kappa shape index (κ1) is 10.4. The van der Waals surface area contributed by atoms with E-state index in [1.165, 1.54) is 5.56 Å². The van der Waals surface area contributed by atoms with Gasteiger partial charge in [0.15, 0.2) is 0 Å². The maximum absolute atomic E-state index is 4.29. The van der Waals surface area contributed by atoms with Gasteiger partial charge in [-0.1, -0.05) is 6.07 Å². The van der Waals surface area contributed by atoms with Crippen molar-refractivity contribution in [1.82, 2.24) is 25.1 Å². The van der Waals surface area contributed by atoms with Crippen LogP contribution in [-0.4, -0.2) is 32.8 Å². The molecule has 0 unspecified atom stereocenters. The second kappa shape index (κ2) is 4.25. The topological polar surface area (TPSA) is 55.6 Å². The monoisotopic (exact) mass is 229 g/mol. The number of aryl methyl sites for hydroxylation is 1. The van der Waals surface area contributed by atoms with Crippen molar-refractivity contribution in [3.63, 3.8) is 0 Å². The summed E-state index contributed by atoms with van der Waals surface area (Å²) < 4.78 is 2.18. The second-order valence-corrected chi connectivity index (χ2v) is 4.41. The Balaban J connectivity index is 1.89. The molecule has 0 saturated carbocycles. The van der Waals surface area contributed by atoms with E-state index in [1.54, 1.807) is 6.20 Å². The summed E-state index contributed by atoms with van der Waals surface area (Å²) in [6, 6.07) is 4.04. The molecule has 5 nitrogen and oxygen atoms in total. The fourth-order valence-electron chi connectivity index (χ4n) is 2.04. The fraction of sp³-hybridized carbons (Fsp3) is 0.417. The SMILES string of the molecule is Cc1nnc(C2CNC2)n1Cc1cccnc1. The molecule has 0 spiro atoms. The Morgan fingerprint density at radius 3 is 2.94 bits per heavy atom. The average Bonchev–Trinajstić information content (AvgIpc) is 2.61. The molecule has 3 heterocycles. The van der Waals surface area contributed by atoms with Gasteiger partial charge >= 0.3 is 0 Å². The van der Waals surface area contributed by atoms with Crippen molar-refractivity contribution < 1.29 is 0 Å². The molecule has 0 amide bonds. The maximum Gasteiger partial charge on any atom is 0.139 e. The van der Waals surface area contributed by atoms with Gasteiger partial charge in [0.25, 0.3) is 0 Å². The van der Waals surface area contributed by atoms with E-state index in [-0.39, 0.29) is 0 Å². The van der Waals surface area contributed by atoms with Crippen LogP contribution in [0.15, 0.2) is 24.5 Å². The molecule has 5 heteroatoms. The van der Waals surface area contributed by atoms with Crippen molar-refractivity contribution in [2.24, 2.45) is 0 Å². The van der Waals surface area contributed by atoms with E-state index in [0.29, 0.717) is 5.92 Å². The minimum atomic E-state index is 0.507. The first-order valence-electron chi connectivity index (χ1n) is 5.84. The lowest BCUT2D eigenvalue weighted by atomic mass is 10.0. The van der Waals surface area contributed by atoms with Gasteiger partial charge in [-0.05, 0) is 18.6 Å². The lowest BCUT2D eigenvalue weighted by molar-refractivity contribution is 0.416. The Kier molecular flexibility index (Phi) is 2.60. The van der Waals surface area contributed by atoms with Crippen LogP contribution in [0.5, 0.6) is 0 Å². The molecule has 0 aromatic carbocycles. The van der Waals surface area contributed by atoms with Crippen molar-refractivity contribution in [1.29, 1.82) is 0 Å². The first-order chi connectivity index (χ1) is 8.34. The molecule has 2 aromatic heterocycles. The molecule has 1 N–H and O–H groups in total. The molecular formula is C12H15N5. The highest BCUT2D eigenvalue weighted by Crippen LogP contribution is 2.19. The summed E-state index contributed by atoms with van der Waals surface area (Å²) in [4.78, 5) is 4.14. The van der Waals surface area contributed by atoms with E-state index in [9.17, 15) is 0 Å². The van der Waals surface area contributed by atoms with Crippen molar-refractivity contribution in [2.75, 3.05) is 13.1 Å². The molecule has 17 heavy (non-hydrogen) atoms. The van der Waals surface area contributed by atoms with Crippen molar-refractivity contribution in [2.45, 2.75) is 19.4 Å². The molecule has 0 radical (unpaired) electrons. The van der Waals surface area contributed by atoms with Crippen LogP contribution in [0.3, 0.4) is 0 Å². The van der Waals surface area contributed by atoms with Gasteiger partial charge in [0.05, 0.1) is 6.54 Å². The van der Waals surface area contributed by atoms with Gasteiger partial charge in [-0.2, -0.15) is 0 Å². The molecule has 1 aliphatic heterocycles. The van der Waals surface area contributed by atoms with Crippen LogP contribution in [0.2, 0.25) is 0 Å². The molecule has 2 aromatic rings. The van der Waals surface area contributed by atoms with Crippen LogP contribution in [0, 0.1) is 6.92 Å². The Morgan fingerprint density at radius 2 is 2.29 bits per heavy atom. The molecule has 0 atom stereocenters. The van der Waals surface area contributed by atoms with Crippen LogP contribution < -0.4 is 5.32 Å². The molecule has 1 aliphatic rings. The second-order valence-electron chi connectivity index (χ2n) is 4.41. The van der Waals surface area contributed by atoms with Crippen molar-refractivity contribution in [3.05, 3.63) is 41.7 Å². The molecule has 88 valence electrons. The number of nitrogens with zero attached hydrogens (tertiary/aromatic N) is 4. The van der Waals surface area contributed by atoms with E-state index >= 15 is 0 Å². The first-order valence-corrected chi connectivity index (χ1v) is 5.84. The number of aromatic nitrogens is 4. The zero-order chi connectivity index (χ0) is 11.7. The van der Waals surface area contributed by atoms with Crippen LogP contribution in [0.1, 0.15) is 23.1 Å². The average molecular weight is 229 g/mol. The van der Waals surface area contributed by atoms with Gasteiger partial charge in [0.1, 0.15) is 11.6 Å². The maximum atomic E-state index is 4.29. The highest BCUT2D eigenvalue weighted by atomic mass is 15.3. The van der Waals surface area contributed by atoms with Gasteiger partial charge in [-0.25, -0.2) is 0 Å². The van der Waals surface area contributed by atoms with Gasteiger partial charge in [-0.3, -0.25) is 4.98 Å². The van der Waals surface area contributed by atoms with Crippen molar-refractivity contribution >= 4 is 0 Å². The lowest BCUT2D eigenvalue weighted by Crippen LogP contribution is -2.41. The smallest absolute Gasteiger partial charge is 0.139 e. The Morgan fingerprint density at radius 1 is 1.41 bits per heavy atom. The molecule has 1 saturated heterocycles. The van der Waals surface area contributed by atoms with Crippen LogP contribution in [0.25, 0.3) is 0 Å². The Labute approximate surface area is 99.9 Å². The molecule has 3 rings (SSSR count). The predicted octanol–water partition coefficient (Wildman–Crippen LogP) is 0.717. The van der Waals surface area contributed by atoms with E-state index in [1.807, 2.05) is 19.2 Å². The normalized spacial score (nSPS) is 15.8. The third-order valence-electron chi connectivity index (χ3n) is 3.17. The highest BCUT2D eigenvalue weighted by Gasteiger charge is 2.25. The minimum Gasteiger partial charge on any atom is -0.315 e. The number of nitrogens with one attached hydrogen (secondary N) is 1. The zero-order valence-electron chi connectivity index (χ0n) is 9.80. The summed E-state index contributed by atoms with van der Waals surface area (Å²) in [5, 5.41) is 11.7. The quantitative estimate of drug-likeness (QED) is 0.842. The standard InChI is InChI=1S/C12H15N5/c1-9-15-16-12(11-6-14-7-11)17(9)8-10-3-2-4-13-5-10/h2-5,11,14H,6-8H2,1H3. The van der Waals surface area contributed by atoms with E-state index in [2.05, 4.69) is 31.1 Å². The van der Waals surface area contributed by atoms with Gasteiger partial charge in [0.2, 0.25) is 0 Å². The van der Waals surface area contributed by atoms with E-state index in [0.717, 1.165) is 31.3 Å². The van der Waals surface area contributed by atoms with E-state index in [4.69, 9.17) is 0 Å². The van der Waals surface area contributed by atoms with E-state index < -0.39 is 0 Å². The summed E-state index contributed by atoms with van der Waals surface area (Å²) in [7, 11) is 0. The Bertz CT molecular complexity index is 501. The third-order valence-corrected chi connectivity index (χ3v) is 3.17. The lowest BCUT2D eigenvalue weighted by Gasteiger charge is -2.26. The number of hydrogen-bond acceptors (Lipinski definition) is 4. The summed E-state index contributed by atoms with van der Waals surface area (Å²) in [6.07, 6.45) is 3.68. The highest BCUT2D eigenvalue weighted by molar-refractivity contribution is 5.14. The minimum absolute atomic E-state index is 0.507. The Hall–Kier alpha value is -1.75. The summed E-state index contributed by atoms with van der Waals surface area (Å²) in [5.74, 6) is 2.56. The third kappa shape index (κ3) is 1.93. The molecule has 0 aliphatic carbocycles. The zero-order valence-corrected chi connectivity index (χ0v) is 9.80. The number of hydrogen-bond donors (Lipinski definition) is 1. The summed E-state index contributed by atoms with van der Waals surface area (Å²) in [5.41, 5.74) is 1.18. The molecule has 0 bridgehead atoms. The summed E-state index contributed by atoms with van der Waals surface area (Å²) in [6.45, 7) is 4.81. The summed E-state index contributed by atoms with van der Waals surface area (Å²) >= 11 is 0. The van der Waals surface area contributed by atoms with Crippen LogP contribution in [-0.2, 0) is 6.54 Å². The largest absolute Gasteiger partial charge is 0.315 e. The number of rotatable bonds is 3. The predicted molar refractivity (Wildman–Crippen MR) is 63.7 cm³/mol. The van der Waals surface area contributed by atoms with Crippen LogP contribution in [0.4, 0.5) is 0 Å². The van der Waals surface area contributed by atoms with Crippen molar-refractivity contribution in [3.8, 4) is 0 Å². The molecule has 1 fully saturated rings. The fourth-order valence-corrected chi connectivity index (χ4v) is 2.04. The van der Waals surface area contributed by atoms with Gasteiger partial charge in [0, 0.05) is 31.4 Å². The van der Waals surface area contributed by atoms with Crippen LogP contribution >= 0.6 is 0 Å². The number of pyridine rings is 1.